The third kappa shape index (κ3) is 4.19. The number of nitrogens with one attached hydrogen (secondary N) is 1. The molecule has 0 spiro atoms. The molecule has 2 rings (SSSR count). The molecule has 1 aliphatic heterocycles. The normalized spacial score (nSPS) is 41.4. The van der Waals surface area contributed by atoms with Crippen LogP contribution in [0.1, 0.15) is 59.8 Å². The Kier molecular flexibility index (Phi) is 5.70. The summed E-state index contributed by atoms with van der Waals surface area (Å²) in [6.07, 6.45) is 6.92. The molecule has 2 nitrogen and oxygen atoms in total. The molecule has 0 bridgehead atoms. The summed E-state index contributed by atoms with van der Waals surface area (Å²) in [7, 11) is 0. The van der Waals surface area contributed by atoms with Gasteiger partial charge in [0, 0.05) is 18.6 Å². The third-order valence-electron chi connectivity index (χ3n) is 5.26. The molecule has 1 saturated carbocycles. The molecule has 2 heteroatoms. The summed E-state index contributed by atoms with van der Waals surface area (Å²) in [6.45, 7) is 13.4. The maximum atomic E-state index is 3.74. The number of hydrogen-bond acceptors (Lipinski definition) is 2. The monoisotopic (exact) mass is 266 g/mol. The van der Waals surface area contributed by atoms with Crippen molar-refractivity contribution < 1.29 is 0 Å². The summed E-state index contributed by atoms with van der Waals surface area (Å²) in [4.78, 5) is 2.81. The summed E-state index contributed by atoms with van der Waals surface area (Å²) in [5.74, 6) is 2.67. The average Bonchev–Trinajstić information content (AvgIpc) is 2.36. The summed E-state index contributed by atoms with van der Waals surface area (Å²) < 4.78 is 0. The first kappa shape index (κ1) is 15.3. The molecule has 1 N–H and O–H groups in total. The van der Waals surface area contributed by atoms with Crippen molar-refractivity contribution in [3.63, 3.8) is 0 Å². The summed E-state index contributed by atoms with van der Waals surface area (Å²) in [5, 5.41) is 3.74. The van der Waals surface area contributed by atoms with Crippen molar-refractivity contribution in [1.29, 1.82) is 0 Å². The second-order valence-corrected chi connectivity index (χ2v) is 7.39. The van der Waals surface area contributed by atoms with Gasteiger partial charge >= 0.3 is 0 Å². The van der Waals surface area contributed by atoms with Crippen LogP contribution >= 0.6 is 0 Å². The Labute approximate surface area is 120 Å². The van der Waals surface area contributed by atoms with E-state index in [1.165, 1.54) is 51.7 Å². The lowest BCUT2D eigenvalue weighted by molar-refractivity contribution is 0.0585. The summed E-state index contributed by atoms with van der Waals surface area (Å²) >= 11 is 0. The van der Waals surface area contributed by atoms with Gasteiger partial charge in [-0.25, -0.2) is 0 Å². The van der Waals surface area contributed by atoms with Gasteiger partial charge in [-0.05, 0) is 62.9 Å². The van der Waals surface area contributed by atoms with Gasteiger partial charge in [0.2, 0.25) is 0 Å². The minimum Gasteiger partial charge on any atom is -0.314 e. The largest absolute Gasteiger partial charge is 0.314 e. The van der Waals surface area contributed by atoms with Gasteiger partial charge in [-0.3, -0.25) is 4.90 Å². The Balaban J connectivity index is 1.83. The van der Waals surface area contributed by atoms with E-state index in [4.69, 9.17) is 0 Å². The van der Waals surface area contributed by atoms with Crippen molar-refractivity contribution in [2.75, 3.05) is 19.6 Å². The SMILES string of the molecule is CCCNC1CCN(C2CC(C)CC(C)C2)CC1C. The van der Waals surface area contributed by atoms with Crippen molar-refractivity contribution in [1.82, 2.24) is 10.2 Å². The fourth-order valence-corrected chi connectivity index (χ4v) is 4.35. The minimum absolute atomic E-state index is 0.759. The number of hydrogen-bond donors (Lipinski definition) is 1. The third-order valence-corrected chi connectivity index (χ3v) is 5.26. The number of piperidine rings is 1. The Morgan fingerprint density at radius 1 is 1.05 bits per heavy atom. The molecule has 0 aromatic carbocycles. The van der Waals surface area contributed by atoms with E-state index in [1.54, 1.807) is 0 Å². The highest BCUT2D eigenvalue weighted by molar-refractivity contribution is 4.89. The van der Waals surface area contributed by atoms with Crippen LogP contribution < -0.4 is 5.32 Å². The molecular formula is C17H34N2. The molecule has 0 amide bonds. The second kappa shape index (κ2) is 7.08. The van der Waals surface area contributed by atoms with Crippen LogP contribution in [-0.2, 0) is 0 Å². The van der Waals surface area contributed by atoms with Crippen molar-refractivity contribution in [2.24, 2.45) is 17.8 Å². The molecule has 4 atom stereocenters. The predicted molar refractivity (Wildman–Crippen MR) is 83.4 cm³/mol. The molecule has 0 aromatic rings. The number of rotatable bonds is 4. The lowest BCUT2D eigenvalue weighted by Gasteiger charge is -2.45. The molecule has 4 unspecified atom stereocenters. The van der Waals surface area contributed by atoms with Crippen LogP contribution in [0.2, 0.25) is 0 Å². The smallest absolute Gasteiger partial charge is 0.0117 e. The standard InChI is InChI=1S/C17H34N2/c1-5-7-18-17-6-8-19(12-15(17)4)16-10-13(2)9-14(3)11-16/h13-18H,5-12H2,1-4H3. The summed E-state index contributed by atoms with van der Waals surface area (Å²) in [5.41, 5.74) is 0. The Morgan fingerprint density at radius 3 is 2.32 bits per heavy atom. The Bertz CT molecular complexity index is 256. The Hall–Kier alpha value is -0.0800. The van der Waals surface area contributed by atoms with E-state index < -0.39 is 0 Å². The highest BCUT2D eigenvalue weighted by atomic mass is 15.2. The molecule has 112 valence electrons. The first-order chi connectivity index (χ1) is 9.10. The molecule has 2 aliphatic rings. The van der Waals surface area contributed by atoms with E-state index in [0.29, 0.717) is 0 Å². The van der Waals surface area contributed by atoms with E-state index in [9.17, 15) is 0 Å². The van der Waals surface area contributed by atoms with Crippen molar-refractivity contribution in [3.8, 4) is 0 Å². The van der Waals surface area contributed by atoms with E-state index in [0.717, 1.165) is 29.8 Å². The molecule has 0 radical (unpaired) electrons. The maximum absolute atomic E-state index is 3.74. The van der Waals surface area contributed by atoms with Crippen LogP contribution in [0.15, 0.2) is 0 Å². The van der Waals surface area contributed by atoms with Crippen LogP contribution in [0.4, 0.5) is 0 Å². The van der Waals surface area contributed by atoms with E-state index in [2.05, 4.69) is 37.9 Å². The van der Waals surface area contributed by atoms with Gasteiger partial charge in [-0.1, -0.05) is 27.7 Å². The van der Waals surface area contributed by atoms with Crippen LogP contribution in [0.25, 0.3) is 0 Å². The quantitative estimate of drug-likeness (QED) is 0.837. The highest BCUT2D eigenvalue weighted by Crippen LogP contribution is 2.33. The number of likely N-dealkylation sites (tertiary alicyclic amines) is 1. The second-order valence-electron chi connectivity index (χ2n) is 7.39. The first-order valence-corrected chi connectivity index (χ1v) is 8.57. The zero-order chi connectivity index (χ0) is 13.8. The lowest BCUT2D eigenvalue weighted by Crippen LogP contribution is -2.52. The van der Waals surface area contributed by atoms with E-state index in [1.807, 2.05) is 0 Å². The molecule has 19 heavy (non-hydrogen) atoms. The topological polar surface area (TPSA) is 15.3 Å². The fourth-order valence-electron chi connectivity index (χ4n) is 4.35. The van der Waals surface area contributed by atoms with Crippen LogP contribution in [-0.4, -0.2) is 36.6 Å². The molecule has 1 saturated heterocycles. The van der Waals surface area contributed by atoms with Crippen molar-refractivity contribution in [3.05, 3.63) is 0 Å². The van der Waals surface area contributed by atoms with E-state index in [-0.39, 0.29) is 0 Å². The fraction of sp³-hybridized carbons (Fsp3) is 1.00. The van der Waals surface area contributed by atoms with E-state index >= 15 is 0 Å². The summed E-state index contributed by atoms with van der Waals surface area (Å²) in [6, 6.07) is 1.63. The molecule has 1 heterocycles. The zero-order valence-corrected chi connectivity index (χ0v) is 13.5. The van der Waals surface area contributed by atoms with Gasteiger partial charge in [0.1, 0.15) is 0 Å². The highest BCUT2D eigenvalue weighted by Gasteiger charge is 2.33. The average molecular weight is 266 g/mol. The van der Waals surface area contributed by atoms with Gasteiger partial charge in [-0.15, -0.1) is 0 Å². The molecular weight excluding hydrogens is 232 g/mol. The van der Waals surface area contributed by atoms with Gasteiger partial charge < -0.3 is 5.32 Å². The zero-order valence-electron chi connectivity index (χ0n) is 13.5. The van der Waals surface area contributed by atoms with Gasteiger partial charge in [0.25, 0.3) is 0 Å². The lowest BCUT2D eigenvalue weighted by atomic mass is 9.78. The molecule has 0 aromatic heterocycles. The molecule has 1 aliphatic carbocycles. The van der Waals surface area contributed by atoms with Gasteiger partial charge in [0.15, 0.2) is 0 Å². The minimum atomic E-state index is 0.759. The van der Waals surface area contributed by atoms with Gasteiger partial charge in [-0.2, -0.15) is 0 Å². The van der Waals surface area contributed by atoms with Crippen LogP contribution in [0.5, 0.6) is 0 Å². The predicted octanol–water partition coefficient (Wildman–Crippen LogP) is 3.52. The first-order valence-electron chi connectivity index (χ1n) is 8.57. The Morgan fingerprint density at radius 2 is 1.74 bits per heavy atom. The van der Waals surface area contributed by atoms with Crippen molar-refractivity contribution in [2.45, 2.75) is 71.9 Å². The van der Waals surface area contributed by atoms with Crippen LogP contribution in [0.3, 0.4) is 0 Å². The van der Waals surface area contributed by atoms with Crippen molar-refractivity contribution >= 4 is 0 Å². The van der Waals surface area contributed by atoms with Crippen LogP contribution in [0, 0.1) is 17.8 Å². The number of nitrogens with zero attached hydrogens (tertiary/aromatic N) is 1. The van der Waals surface area contributed by atoms with Gasteiger partial charge in [0.05, 0.1) is 0 Å². The molecule has 2 fully saturated rings. The maximum Gasteiger partial charge on any atom is 0.0117 e.